The Morgan fingerprint density at radius 2 is 2.05 bits per heavy atom. The first-order valence-electron chi connectivity index (χ1n) is 5.62. The van der Waals surface area contributed by atoms with Gasteiger partial charge in [0, 0.05) is 18.9 Å². The van der Waals surface area contributed by atoms with E-state index in [2.05, 4.69) is 5.32 Å². The highest BCUT2D eigenvalue weighted by Crippen LogP contribution is 2.27. The zero-order chi connectivity index (χ0) is 15.6. The molecule has 1 rings (SSSR count). The number of nitro benzene ring substituents is 1. The van der Waals surface area contributed by atoms with Crippen molar-refractivity contribution in [2.75, 3.05) is 24.7 Å². The monoisotopic (exact) mass is 304 g/mol. The van der Waals surface area contributed by atoms with Gasteiger partial charge >= 0.3 is 0 Å². The maximum Gasteiger partial charge on any atom is 0.293 e. The molecule has 0 aliphatic heterocycles. The third-order valence-electron chi connectivity index (χ3n) is 2.59. The molecule has 0 amide bonds. The van der Waals surface area contributed by atoms with Gasteiger partial charge in [-0.3, -0.25) is 10.1 Å². The Morgan fingerprint density at radius 3 is 2.50 bits per heavy atom. The quantitative estimate of drug-likeness (QED) is 0.504. The first-order chi connectivity index (χ1) is 9.07. The number of benzene rings is 1. The summed E-state index contributed by atoms with van der Waals surface area (Å²) in [6.45, 7) is 0.717. The second-order valence-corrected chi connectivity index (χ2v) is 6.73. The van der Waals surface area contributed by atoms with Gasteiger partial charge < -0.3 is 15.5 Å². The molecule has 0 spiro atoms. The molecule has 3 N–H and O–H groups in total. The van der Waals surface area contributed by atoms with E-state index in [1.165, 1.54) is 19.1 Å². The smallest absolute Gasteiger partial charge is 0.293 e. The van der Waals surface area contributed by atoms with Crippen LogP contribution in [0.1, 0.15) is 6.92 Å². The summed E-state index contributed by atoms with van der Waals surface area (Å²) in [4.78, 5) is 10.1. The second-order valence-electron chi connectivity index (χ2n) is 4.72. The third kappa shape index (κ3) is 4.15. The average molecular weight is 304 g/mol. The molecule has 20 heavy (non-hydrogen) atoms. The molecule has 1 unspecified atom stereocenters. The fourth-order valence-corrected chi connectivity index (χ4v) is 2.03. The van der Waals surface area contributed by atoms with E-state index in [0.29, 0.717) is 0 Å². The maximum atomic E-state index is 11.4. The molecule has 1 aromatic carbocycles. The van der Waals surface area contributed by atoms with Crippen LogP contribution in [0.15, 0.2) is 23.1 Å². The topological polar surface area (TPSA) is 130 Å². The van der Waals surface area contributed by atoms with Gasteiger partial charge in [-0.15, -0.1) is 0 Å². The number of aliphatic hydroxyl groups excluding tert-OH is 1. The lowest BCUT2D eigenvalue weighted by Crippen LogP contribution is -2.37. The van der Waals surface area contributed by atoms with Crippen molar-refractivity contribution in [2.45, 2.75) is 17.4 Å². The predicted molar refractivity (Wildman–Crippen MR) is 72.4 cm³/mol. The van der Waals surface area contributed by atoms with Crippen molar-refractivity contribution in [3.8, 4) is 0 Å². The molecule has 0 heterocycles. The minimum Gasteiger partial charge on any atom is -0.393 e. The van der Waals surface area contributed by atoms with Gasteiger partial charge in [-0.05, 0) is 19.1 Å². The highest BCUT2D eigenvalue weighted by atomic mass is 32.2. The normalized spacial score (nSPS) is 14.6. The number of rotatable bonds is 6. The van der Waals surface area contributed by atoms with Crippen molar-refractivity contribution in [3.05, 3.63) is 28.3 Å². The standard InChI is InChI=1S/C11H16N2O6S/c1-11(15,7-14)6-12-9-4-3-8(20(2,18)19)5-10(9)13(16)17/h3-5,12,14-15H,6-7H2,1-2H3. The van der Waals surface area contributed by atoms with Crippen LogP contribution in [0, 0.1) is 10.1 Å². The van der Waals surface area contributed by atoms with E-state index in [1.807, 2.05) is 0 Å². The Morgan fingerprint density at radius 1 is 1.45 bits per heavy atom. The van der Waals surface area contributed by atoms with Crippen LogP contribution in [-0.2, 0) is 9.84 Å². The van der Waals surface area contributed by atoms with Gasteiger partial charge in [0.25, 0.3) is 5.69 Å². The molecule has 0 bridgehead atoms. The lowest BCUT2D eigenvalue weighted by atomic mass is 10.1. The largest absolute Gasteiger partial charge is 0.393 e. The van der Waals surface area contributed by atoms with Crippen LogP contribution >= 0.6 is 0 Å². The van der Waals surface area contributed by atoms with Crippen LogP contribution in [0.25, 0.3) is 0 Å². The molecule has 1 atom stereocenters. The number of sulfone groups is 1. The summed E-state index contributed by atoms with van der Waals surface area (Å²) < 4.78 is 22.7. The first kappa shape index (κ1) is 16.3. The van der Waals surface area contributed by atoms with Gasteiger partial charge in [-0.25, -0.2) is 8.42 Å². The molecular weight excluding hydrogens is 288 g/mol. The van der Waals surface area contributed by atoms with Crippen molar-refractivity contribution < 1.29 is 23.6 Å². The molecule has 1 aromatic rings. The van der Waals surface area contributed by atoms with E-state index in [-0.39, 0.29) is 17.1 Å². The maximum absolute atomic E-state index is 11.4. The zero-order valence-corrected chi connectivity index (χ0v) is 11.8. The lowest BCUT2D eigenvalue weighted by Gasteiger charge is -2.21. The van der Waals surface area contributed by atoms with Crippen LogP contribution in [0.4, 0.5) is 11.4 Å². The summed E-state index contributed by atoms with van der Waals surface area (Å²) in [6.07, 6.45) is 0.954. The van der Waals surface area contributed by atoms with Crippen LogP contribution in [0.3, 0.4) is 0 Å². The van der Waals surface area contributed by atoms with E-state index in [9.17, 15) is 23.6 Å². The van der Waals surface area contributed by atoms with E-state index >= 15 is 0 Å². The Bertz CT molecular complexity index is 611. The number of anilines is 1. The highest BCUT2D eigenvalue weighted by molar-refractivity contribution is 7.90. The lowest BCUT2D eigenvalue weighted by molar-refractivity contribution is -0.384. The van der Waals surface area contributed by atoms with Crippen molar-refractivity contribution in [2.24, 2.45) is 0 Å². The molecule has 0 saturated heterocycles. The number of nitro groups is 1. The van der Waals surface area contributed by atoms with Crippen molar-refractivity contribution in [1.82, 2.24) is 0 Å². The van der Waals surface area contributed by atoms with Crippen LogP contribution < -0.4 is 5.32 Å². The number of nitrogens with zero attached hydrogens (tertiary/aromatic N) is 1. The predicted octanol–water partition coefficient (Wildman–Crippen LogP) is 0.153. The SMILES string of the molecule is CC(O)(CO)CNc1ccc(S(C)(=O)=O)cc1[N+](=O)[O-]. The van der Waals surface area contributed by atoms with E-state index in [1.54, 1.807) is 0 Å². The summed E-state index contributed by atoms with van der Waals surface area (Å²) in [7, 11) is -3.55. The van der Waals surface area contributed by atoms with Crippen molar-refractivity contribution in [3.63, 3.8) is 0 Å². The highest BCUT2D eigenvalue weighted by Gasteiger charge is 2.22. The fourth-order valence-electron chi connectivity index (χ4n) is 1.38. The summed E-state index contributed by atoms with van der Waals surface area (Å²) in [5.41, 5.74) is -1.79. The van der Waals surface area contributed by atoms with Gasteiger partial charge in [0.05, 0.1) is 16.4 Å². The van der Waals surface area contributed by atoms with Gasteiger partial charge in [0.2, 0.25) is 0 Å². The second kappa shape index (κ2) is 5.73. The van der Waals surface area contributed by atoms with E-state index < -0.39 is 32.7 Å². The molecule has 0 fully saturated rings. The molecule has 0 aliphatic carbocycles. The molecule has 112 valence electrons. The minimum absolute atomic E-state index is 0.0659. The van der Waals surface area contributed by atoms with E-state index in [0.717, 1.165) is 12.3 Å². The van der Waals surface area contributed by atoms with Gasteiger partial charge in [0.15, 0.2) is 9.84 Å². The summed E-state index contributed by atoms with van der Waals surface area (Å²) in [5.74, 6) is 0. The molecule has 9 heteroatoms. The summed E-state index contributed by atoms with van der Waals surface area (Å²) in [5, 5.41) is 32.1. The molecular formula is C11H16N2O6S. The molecule has 0 aromatic heterocycles. The van der Waals surface area contributed by atoms with Gasteiger partial charge in [0.1, 0.15) is 11.3 Å². The van der Waals surface area contributed by atoms with E-state index in [4.69, 9.17) is 5.11 Å². The van der Waals surface area contributed by atoms with Crippen LogP contribution in [0.5, 0.6) is 0 Å². The number of hydrogen-bond donors (Lipinski definition) is 3. The van der Waals surface area contributed by atoms with Crippen LogP contribution in [0.2, 0.25) is 0 Å². The number of nitrogens with one attached hydrogen (secondary N) is 1. The fraction of sp³-hybridized carbons (Fsp3) is 0.455. The Hall–Kier alpha value is -1.71. The Labute approximate surface area is 116 Å². The zero-order valence-electron chi connectivity index (χ0n) is 11.0. The average Bonchev–Trinajstić information content (AvgIpc) is 2.35. The van der Waals surface area contributed by atoms with Crippen LogP contribution in [-0.4, -0.2) is 48.6 Å². The minimum atomic E-state index is -3.55. The van der Waals surface area contributed by atoms with Crippen molar-refractivity contribution in [1.29, 1.82) is 0 Å². The summed E-state index contributed by atoms with van der Waals surface area (Å²) >= 11 is 0. The Kier molecular flexibility index (Phi) is 4.69. The molecule has 0 aliphatic rings. The Balaban J connectivity index is 3.12. The van der Waals surface area contributed by atoms with Gasteiger partial charge in [-0.2, -0.15) is 0 Å². The first-order valence-corrected chi connectivity index (χ1v) is 7.51. The van der Waals surface area contributed by atoms with Gasteiger partial charge in [-0.1, -0.05) is 0 Å². The molecule has 0 saturated carbocycles. The third-order valence-corrected chi connectivity index (χ3v) is 3.70. The summed E-state index contributed by atoms with van der Waals surface area (Å²) in [6, 6.07) is 3.44. The molecule has 0 radical (unpaired) electrons. The number of aliphatic hydroxyl groups is 2. The van der Waals surface area contributed by atoms with Crippen molar-refractivity contribution >= 4 is 21.2 Å². The number of hydrogen-bond acceptors (Lipinski definition) is 7. The molecule has 8 nitrogen and oxygen atoms in total.